The number of amides is 1. The number of para-hydroxylation sites is 1. The van der Waals surface area contributed by atoms with Gasteiger partial charge in [-0.1, -0.05) is 37.6 Å². The Morgan fingerprint density at radius 2 is 1.96 bits per heavy atom. The molecule has 6 heteroatoms. The number of hydrogen-bond donors (Lipinski definition) is 0. The molecule has 5 nitrogen and oxygen atoms in total. The molecule has 1 aromatic carbocycles. The molecule has 0 unspecified atom stereocenters. The van der Waals surface area contributed by atoms with Gasteiger partial charge in [-0.2, -0.15) is 5.10 Å². The average molecular weight is 362 g/mol. The van der Waals surface area contributed by atoms with Crippen molar-refractivity contribution in [2.75, 3.05) is 26.3 Å². The van der Waals surface area contributed by atoms with Gasteiger partial charge in [0.25, 0.3) is 5.91 Å². The van der Waals surface area contributed by atoms with Crippen molar-refractivity contribution in [3.63, 3.8) is 0 Å². The van der Waals surface area contributed by atoms with Crippen molar-refractivity contribution < 1.29 is 9.53 Å². The number of carbonyl (C=O) groups excluding carboxylic acids is 1. The normalized spacial score (nSPS) is 15.0. The molecule has 0 saturated carbocycles. The van der Waals surface area contributed by atoms with E-state index in [1.54, 1.807) is 4.68 Å². The molecule has 2 aromatic rings. The number of aromatic nitrogens is 2. The van der Waals surface area contributed by atoms with Crippen LogP contribution in [-0.2, 0) is 11.2 Å². The number of hydrogen-bond acceptors (Lipinski definition) is 3. The Morgan fingerprint density at radius 1 is 1.28 bits per heavy atom. The Morgan fingerprint density at radius 3 is 2.60 bits per heavy atom. The second kappa shape index (κ2) is 7.58. The van der Waals surface area contributed by atoms with Crippen LogP contribution >= 0.6 is 11.6 Å². The first-order chi connectivity index (χ1) is 12.0. The summed E-state index contributed by atoms with van der Waals surface area (Å²) >= 11 is 6.35. The van der Waals surface area contributed by atoms with E-state index in [0.717, 1.165) is 23.5 Å². The van der Waals surface area contributed by atoms with Crippen molar-refractivity contribution in [1.82, 2.24) is 14.7 Å². The lowest BCUT2D eigenvalue weighted by Gasteiger charge is -2.27. The van der Waals surface area contributed by atoms with E-state index < -0.39 is 0 Å². The molecule has 0 radical (unpaired) electrons. The predicted molar refractivity (Wildman–Crippen MR) is 98.6 cm³/mol. The molecule has 0 N–H and O–H groups in total. The van der Waals surface area contributed by atoms with Crippen LogP contribution in [0.4, 0.5) is 0 Å². The van der Waals surface area contributed by atoms with Crippen LogP contribution in [0.3, 0.4) is 0 Å². The van der Waals surface area contributed by atoms with Gasteiger partial charge >= 0.3 is 0 Å². The van der Waals surface area contributed by atoms with Gasteiger partial charge < -0.3 is 9.64 Å². The first-order valence-corrected chi connectivity index (χ1v) is 9.07. The first kappa shape index (κ1) is 18.0. The minimum absolute atomic E-state index is 0.0368. The molecule has 2 heterocycles. The van der Waals surface area contributed by atoms with Crippen molar-refractivity contribution >= 4 is 17.5 Å². The third kappa shape index (κ3) is 3.72. The topological polar surface area (TPSA) is 47.4 Å². The summed E-state index contributed by atoms with van der Waals surface area (Å²) in [5.41, 5.74) is 3.17. The zero-order chi connectivity index (χ0) is 18.0. The monoisotopic (exact) mass is 361 g/mol. The van der Waals surface area contributed by atoms with E-state index in [9.17, 15) is 4.79 Å². The molecule has 0 bridgehead atoms. The van der Waals surface area contributed by atoms with E-state index in [-0.39, 0.29) is 5.91 Å². The first-order valence-electron chi connectivity index (χ1n) is 8.69. The average Bonchev–Trinajstić information content (AvgIpc) is 2.91. The van der Waals surface area contributed by atoms with Gasteiger partial charge in [-0.15, -0.1) is 0 Å². The smallest absolute Gasteiger partial charge is 0.257 e. The van der Waals surface area contributed by atoms with E-state index in [2.05, 4.69) is 13.8 Å². The maximum absolute atomic E-state index is 13.1. The van der Waals surface area contributed by atoms with E-state index >= 15 is 0 Å². The highest BCUT2D eigenvalue weighted by Gasteiger charge is 2.27. The standard InChI is InChI=1S/C19H24ClN3O2/c1-13(2)12-16-18(19(24)22-8-10-25-11-9-22)14(3)23(21-16)17-7-5-4-6-15(17)20/h4-7,13H,8-12H2,1-3H3. The summed E-state index contributed by atoms with van der Waals surface area (Å²) < 4.78 is 7.17. The highest BCUT2D eigenvalue weighted by Crippen LogP contribution is 2.26. The number of ether oxygens (including phenoxy) is 1. The van der Waals surface area contributed by atoms with Crippen LogP contribution in [0.1, 0.15) is 35.6 Å². The molecule has 134 valence electrons. The van der Waals surface area contributed by atoms with Gasteiger partial charge in [0, 0.05) is 13.1 Å². The van der Waals surface area contributed by atoms with E-state index in [1.807, 2.05) is 36.1 Å². The SMILES string of the molecule is Cc1c(C(=O)N2CCOCC2)c(CC(C)C)nn1-c1ccccc1Cl. The molecule has 1 aliphatic rings. The molecule has 1 fully saturated rings. The van der Waals surface area contributed by atoms with Crippen molar-refractivity contribution in [2.24, 2.45) is 5.92 Å². The summed E-state index contributed by atoms with van der Waals surface area (Å²) in [5.74, 6) is 0.444. The molecule has 3 rings (SSSR count). The summed E-state index contributed by atoms with van der Waals surface area (Å²) in [5, 5.41) is 5.37. The van der Waals surface area contributed by atoms with E-state index in [1.165, 1.54) is 0 Å². The van der Waals surface area contributed by atoms with Gasteiger partial charge in [-0.05, 0) is 31.4 Å². The second-order valence-corrected chi connectivity index (χ2v) is 7.18. The summed E-state index contributed by atoms with van der Waals surface area (Å²) in [7, 11) is 0. The summed E-state index contributed by atoms with van der Waals surface area (Å²) in [6.45, 7) is 8.62. The van der Waals surface area contributed by atoms with Crippen molar-refractivity contribution in [3.8, 4) is 5.69 Å². The van der Waals surface area contributed by atoms with E-state index in [0.29, 0.717) is 42.8 Å². The lowest BCUT2D eigenvalue weighted by Crippen LogP contribution is -2.41. The van der Waals surface area contributed by atoms with Gasteiger partial charge in [0.15, 0.2) is 0 Å². The predicted octanol–water partition coefficient (Wildman–Crippen LogP) is 3.51. The molecule has 1 aliphatic heterocycles. The van der Waals surface area contributed by atoms with Gasteiger partial charge in [-0.3, -0.25) is 4.79 Å². The molecule has 1 aromatic heterocycles. The van der Waals surface area contributed by atoms with Crippen LogP contribution in [0.2, 0.25) is 5.02 Å². The largest absolute Gasteiger partial charge is 0.378 e. The van der Waals surface area contributed by atoms with Crippen LogP contribution in [0.25, 0.3) is 5.69 Å². The Hall–Kier alpha value is -1.85. The minimum atomic E-state index is 0.0368. The number of benzene rings is 1. The molecule has 1 saturated heterocycles. The summed E-state index contributed by atoms with van der Waals surface area (Å²) in [6.07, 6.45) is 0.754. The minimum Gasteiger partial charge on any atom is -0.378 e. The number of nitrogens with zero attached hydrogens (tertiary/aromatic N) is 3. The van der Waals surface area contributed by atoms with Crippen LogP contribution in [-0.4, -0.2) is 46.9 Å². The third-order valence-corrected chi connectivity index (χ3v) is 4.70. The fourth-order valence-electron chi connectivity index (χ4n) is 3.15. The van der Waals surface area contributed by atoms with Gasteiger partial charge in [0.2, 0.25) is 0 Å². The number of rotatable bonds is 4. The molecular weight excluding hydrogens is 338 g/mol. The van der Waals surface area contributed by atoms with Crippen molar-refractivity contribution in [3.05, 3.63) is 46.2 Å². The molecule has 25 heavy (non-hydrogen) atoms. The Labute approximate surface area is 153 Å². The quantitative estimate of drug-likeness (QED) is 0.837. The maximum atomic E-state index is 13.1. The summed E-state index contributed by atoms with van der Waals surface area (Å²) in [6, 6.07) is 7.57. The second-order valence-electron chi connectivity index (χ2n) is 6.77. The molecule has 0 atom stereocenters. The zero-order valence-corrected chi connectivity index (χ0v) is 15.7. The molecular formula is C19H24ClN3O2. The van der Waals surface area contributed by atoms with Crippen LogP contribution < -0.4 is 0 Å². The molecule has 0 aliphatic carbocycles. The van der Waals surface area contributed by atoms with Crippen LogP contribution in [0.5, 0.6) is 0 Å². The van der Waals surface area contributed by atoms with Crippen LogP contribution in [0, 0.1) is 12.8 Å². The summed E-state index contributed by atoms with van der Waals surface area (Å²) in [4.78, 5) is 15.0. The molecule has 0 spiro atoms. The van der Waals surface area contributed by atoms with Gasteiger partial charge in [0.1, 0.15) is 0 Å². The lowest BCUT2D eigenvalue weighted by molar-refractivity contribution is 0.0301. The van der Waals surface area contributed by atoms with Gasteiger partial charge in [0.05, 0.1) is 40.9 Å². The van der Waals surface area contributed by atoms with Gasteiger partial charge in [-0.25, -0.2) is 4.68 Å². The van der Waals surface area contributed by atoms with Crippen molar-refractivity contribution in [1.29, 1.82) is 0 Å². The van der Waals surface area contributed by atoms with Crippen LogP contribution in [0.15, 0.2) is 24.3 Å². The Bertz CT molecular complexity index is 764. The van der Waals surface area contributed by atoms with Crippen molar-refractivity contribution in [2.45, 2.75) is 27.2 Å². The lowest BCUT2D eigenvalue weighted by atomic mass is 10.0. The fourth-order valence-corrected chi connectivity index (χ4v) is 3.37. The number of morpholine rings is 1. The Kier molecular flexibility index (Phi) is 5.45. The maximum Gasteiger partial charge on any atom is 0.257 e. The fraction of sp³-hybridized carbons (Fsp3) is 0.474. The molecule has 1 amide bonds. The number of halogens is 1. The Balaban J connectivity index is 2.06. The highest BCUT2D eigenvalue weighted by atomic mass is 35.5. The van der Waals surface area contributed by atoms with E-state index in [4.69, 9.17) is 21.4 Å². The third-order valence-electron chi connectivity index (χ3n) is 4.38. The number of carbonyl (C=O) groups is 1. The zero-order valence-electron chi connectivity index (χ0n) is 15.0. The highest BCUT2D eigenvalue weighted by molar-refractivity contribution is 6.32.